The summed E-state index contributed by atoms with van der Waals surface area (Å²) in [7, 11) is 0. The van der Waals surface area contributed by atoms with E-state index >= 15 is 0 Å². The van der Waals surface area contributed by atoms with E-state index in [-0.39, 0.29) is 11.7 Å². The van der Waals surface area contributed by atoms with Crippen molar-refractivity contribution in [1.29, 1.82) is 0 Å². The van der Waals surface area contributed by atoms with E-state index in [0.717, 1.165) is 24.0 Å². The Morgan fingerprint density at radius 3 is 2.59 bits per heavy atom. The van der Waals surface area contributed by atoms with Gasteiger partial charge in [0.15, 0.2) is 0 Å². The van der Waals surface area contributed by atoms with Gasteiger partial charge in [-0.15, -0.1) is 11.3 Å². The molecule has 146 valence electrons. The van der Waals surface area contributed by atoms with Gasteiger partial charge in [0.05, 0.1) is 30.5 Å². The molecule has 2 N–H and O–H groups in total. The van der Waals surface area contributed by atoms with Gasteiger partial charge >= 0.3 is 12.2 Å². The van der Waals surface area contributed by atoms with E-state index in [1.807, 2.05) is 17.5 Å². The third-order valence-electron chi connectivity index (χ3n) is 4.29. The van der Waals surface area contributed by atoms with Crippen LogP contribution in [-0.2, 0) is 10.9 Å². The number of halogens is 3. The summed E-state index contributed by atoms with van der Waals surface area (Å²) in [5, 5.41) is 6.97. The number of carbonyl (C=O) groups is 1. The molecule has 5 nitrogen and oxygen atoms in total. The number of hydrogen-bond acceptors (Lipinski definition) is 4. The van der Waals surface area contributed by atoms with Crippen LogP contribution in [0.25, 0.3) is 0 Å². The van der Waals surface area contributed by atoms with Crippen molar-refractivity contribution in [3.8, 4) is 0 Å². The van der Waals surface area contributed by atoms with E-state index < -0.39 is 17.8 Å². The number of morpholine rings is 1. The lowest BCUT2D eigenvalue weighted by atomic mass is 10.1. The van der Waals surface area contributed by atoms with Crippen LogP contribution in [0, 0.1) is 0 Å². The predicted molar refractivity (Wildman–Crippen MR) is 97.9 cm³/mol. The normalized spacial score (nSPS) is 16.7. The van der Waals surface area contributed by atoms with Gasteiger partial charge in [0.25, 0.3) is 0 Å². The zero-order valence-electron chi connectivity index (χ0n) is 14.5. The first kappa shape index (κ1) is 19.7. The van der Waals surface area contributed by atoms with Crippen molar-refractivity contribution in [3.05, 3.63) is 52.2 Å². The molecule has 1 aromatic carbocycles. The highest BCUT2D eigenvalue weighted by Gasteiger charge is 2.33. The van der Waals surface area contributed by atoms with Crippen molar-refractivity contribution in [1.82, 2.24) is 10.2 Å². The lowest BCUT2D eigenvalue weighted by molar-refractivity contribution is -0.136. The average molecular weight is 399 g/mol. The van der Waals surface area contributed by atoms with Crippen LogP contribution in [0.2, 0.25) is 0 Å². The molecule has 9 heteroatoms. The molecule has 1 aromatic heterocycles. The Morgan fingerprint density at radius 1 is 1.19 bits per heavy atom. The fourth-order valence-electron chi connectivity index (χ4n) is 2.97. The molecule has 27 heavy (non-hydrogen) atoms. The molecule has 2 heterocycles. The number of thiophene rings is 1. The fourth-order valence-corrected chi connectivity index (χ4v) is 3.84. The largest absolute Gasteiger partial charge is 0.418 e. The summed E-state index contributed by atoms with van der Waals surface area (Å²) in [6, 6.07) is 8.14. The number of amides is 2. The van der Waals surface area contributed by atoms with Gasteiger partial charge in [0, 0.05) is 24.5 Å². The quantitative estimate of drug-likeness (QED) is 0.800. The highest BCUT2D eigenvalue weighted by Crippen LogP contribution is 2.34. The van der Waals surface area contributed by atoms with Crippen LogP contribution >= 0.6 is 11.3 Å². The topological polar surface area (TPSA) is 53.6 Å². The maximum absolute atomic E-state index is 13.1. The van der Waals surface area contributed by atoms with Crippen molar-refractivity contribution >= 4 is 23.1 Å². The Morgan fingerprint density at radius 2 is 1.93 bits per heavy atom. The van der Waals surface area contributed by atoms with Gasteiger partial charge in [-0.3, -0.25) is 4.90 Å². The van der Waals surface area contributed by atoms with Crippen LogP contribution in [0.15, 0.2) is 41.8 Å². The van der Waals surface area contributed by atoms with Gasteiger partial charge in [0.2, 0.25) is 0 Å². The molecule has 1 saturated heterocycles. The van der Waals surface area contributed by atoms with E-state index in [1.54, 1.807) is 11.3 Å². The van der Waals surface area contributed by atoms with E-state index in [2.05, 4.69) is 15.5 Å². The first-order valence-corrected chi connectivity index (χ1v) is 9.39. The molecule has 2 amide bonds. The number of urea groups is 1. The molecule has 0 unspecified atom stereocenters. The Bertz CT molecular complexity index is 747. The SMILES string of the molecule is O=C(NC[C@H](c1cccs1)N1CCOCC1)Nc1ccccc1C(F)(F)F. The van der Waals surface area contributed by atoms with Crippen molar-refractivity contribution in [2.75, 3.05) is 38.2 Å². The molecule has 0 saturated carbocycles. The second kappa shape index (κ2) is 8.73. The van der Waals surface area contributed by atoms with E-state index in [9.17, 15) is 18.0 Å². The third-order valence-corrected chi connectivity index (χ3v) is 5.27. The molecule has 1 atom stereocenters. The summed E-state index contributed by atoms with van der Waals surface area (Å²) in [4.78, 5) is 15.5. The second-order valence-electron chi connectivity index (χ2n) is 6.06. The molecule has 1 aliphatic heterocycles. The minimum absolute atomic E-state index is 0.0440. The monoisotopic (exact) mass is 399 g/mol. The Hall–Kier alpha value is -2.10. The number of para-hydroxylation sites is 1. The number of carbonyl (C=O) groups excluding carboxylic acids is 1. The van der Waals surface area contributed by atoms with E-state index in [4.69, 9.17) is 4.74 Å². The summed E-state index contributed by atoms with van der Waals surface area (Å²) < 4.78 is 44.5. The highest BCUT2D eigenvalue weighted by molar-refractivity contribution is 7.10. The van der Waals surface area contributed by atoms with Crippen molar-refractivity contribution in [2.45, 2.75) is 12.2 Å². The minimum atomic E-state index is -4.53. The minimum Gasteiger partial charge on any atom is -0.379 e. The molecule has 0 aliphatic carbocycles. The van der Waals surface area contributed by atoms with Gasteiger partial charge in [-0.2, -0.15) is 13.2 Å². The molecule has 2 aromatic rings. The van der Waals surface area contributed by atoms with Gasteiger partial charge in [-0.25, -0.2) is 4.79 Å². The number of nitrogens with one attached hydrogen (secondary N) is 2. The van der Waals surface area contributed by atoms with E-state index in [1.165, 1.54) is 18.2 Å². The van der Waals surface area contributed by atoms with Gasteiger partial charge < -0.3 is 15.4 Å². The predicted octanol–water partition coefficient (Wildman–Crippen LogP) is 3.96. The van der Waals surface area contributed by atoms with Crippen molar-refractivity contribution in [3.63, 3.8) is 0 Å². The molecule has 0 bridgehead atoms. The maximum Gasteiger partial charge on any atom is 0.418 e. The Labute approximate surface area is 159 Å². The maximum atomic E-state index is 13.1. The highest BCUT2D eigenvalue weighted by atomic mass is 32.1. The number of rotatable bonds is 5. The zero-order valence-corrected chi connectivity index (χ0v) is 15.3. The van der Waals surface area contributed by atoms with E-state index in [0.29, 0.717) is 19.8 Å². The first-order valence-electron chi connectivity index (χ1n) is 8.51. The Kier molecular flexibility index (Phi) is 6.35. The first-order chi connectivity index (χ1) is 12.9. The summed E-state index contributed by atoms with van der Waals surface area (Å²) in [5.74, 6) is 0. The van der Waals surface area contributed by atoms with Crippen LogP contribution in [0.1, 0.15) is 16.5 Å². The summed E-state index contributed by atoms with van der Waals surface area (Å²) in [6.45, 7) is 3.01. The summed E-state index contributed by atoms with van der Waals surface area (Å²) in [6.07, 6.45) is -4.53. The molecule has 3 rings (SSSR count). The molecular weight excluding hydrogens is 379 g/mol. The smallest absolute Gasteiger partial charge is 0.379 e. The number of hydrogen-bond donors (Lipinski definition) is 2. The molecule has 0 radical (unpaired) electrons. The number of anilines is 1. The number of nitrogens with zero attached hydrogens (tertiary/aromatic N) is 1. The molecule has 0 spiro atoms. The molecule has 1 fully saturated rings. The average Bonchev–Trinajstić information content (AvgIpc) is 3.17. The van der Waals surface area contributed by atoms with Gasteiger partial charge in [-0.05, 0) is 23.6 Å². The second-order valence-corrected chi connectivity index (χ2v) is 7.04. The number of alkyl halides is 3. The standard InChI is InChI=1S/C18H20F3N3O2S/c19-18(20,21)13-4-1-2-5-14(13)23-17(25)22-12-15(16-6-3-11-27-16)24-7-9-26-10-8-24/h1-6,11,15H,7-10,12H2,(H2,22,23,25)/t15-/m1/s1. The van der Waals surface area contributed by atoms with Crippen LogP contribution in [0.4, 0.5) is 23.7 Å². The number of ether oxygens (including phenoxy) is 1. The zero-order chi connectivity index (χ0) is 19.3. The Balaban J connectivity index is 1.65. The summed E-state index contributed by atoms with van der Waals surface area (Å²) in [5.41, 5.74) is -1.13. The fraction of sp³-hybridized carbons (Fsp3) is 0.389. The summed E-state index contributed by atoms with van der Waals surface area (Å²) >= 11 is 1.58. The third kappa shape index (κ3) is 5.21. The van der Waals surface area contributed by atoms with Crippen molar-refractivity contribution < 1.29 is 22.7 Å². The molecular formula is C18H20F3N3O2S. The van der Waals surface area contributed by atoms with Crippen LogP contribution in [0.5, 0.6) is 0 Å². The van der Waals surface area contributed by atoms with Crippen molar-refractivity contribution in [2.24, 2.45) is 0 Å². The van der Waals surface area contributed by atoms with Gasteiger partial charge in [0.1, 0.15) is 0 Å². The van der Waals surface area contributed by atoms with Crippen LogP contribution in [0.3, 0.4) is 0 Å². The van der Waals surface area contributed by atoms with Gasteiger partial charge in [-0.1, -0.05) is 18.2 Å². The van der Waals surface area contributed by atoms with Crippen LogP contribution in [-0.4, -0.2) is 43.8 Å². The lowest BCUT2D eigenvalue weighted by Crippen LogP contribution is -2.44. The van der Waals surface area contributed by atoms with Crippen LogP contribution < -0.4 is 10.6 Å². The lowest BCUT2D eigenvalue weighted by Gasteiger charge is -2.34. The molecule has 1 aliphatic rings. The number of benzene rings is 1.